The van der Waals surface area contributed by atoms with Gasteiger partial charge in [0.25, 0.3) is 0 Å². The first-order chi connectivity index (χ1) is 8.66. The van der Waals surface area contributed by atoms with Crippen LogP contribution in [0.1, 0.15) is 18.4 Å². The van der Waals surface area contributed by atoms with Crippen LogP contribution in [-0.2, 0) is 16.4 Å². The van der Waals surface area contributed by atoms with E-state index in [0.29, 0.717) is 19.1 Å². The summed E-state index contributed by atoms with van der Waals surface area (Å²) in [5.74, 6) is 0.165. The third-order valence-electron chi connectivity index (χ3n) is 2.96. The predicted octanol–water partition coefficient (Wildman–Crippen LogP) is 0.901. The average molecular weight is 268 g/mol. The highest BCUT2D eigenvalue weighted by Crippen LogP contribution is 2.17. The van der Waals surface area contributed by atoms with E-state index >= 15 is 0 Å². The molecule has 0 bridgehead atoms. The van der Waals surface area contributed by atoms with Crippen molar-refractivity contribution in [3.05, 3.63) is 35.9 Å². The van der Waals surface area contributed by atoms with Crippen LogP contribution in [0.2, 0.25) is 0 Å². The molecule has 1 aliphatic rings. The molecule has 1 aliphatic carbocycles. The van der Waals surface area contributed by atoms with E-state index in [2.05, 4.69) is 10.0 Å². The topological polar surface area (TPSA) is 58.2 Å². The number of sulfonamides is 1. The minimum atomic E-state index is -3.13. The van der Waals surface area contributed by atoms with Crippen molar-refractivity contribution in [2.24, 2.45) is 0 Å². The summed E-state index contributed by atoms with van der Waals surface area (Å²) in [7, 11) is -3.13. The van der Waals surface area contributed by atoms with Gasteiger partial charge >= 0.3 is 0 Å². The van der Waals surface area contributed by atoms with Crippen LogP contribution in [0.15, 0.2) is 30.3 Å². The molecule has 0 atom stereocenters. The molecule has 5 heteroatoms. The first kappa shape index (κ1) is 13.5. The predicted molar refractivity (Wildman–Crippen MR) is 73.0 cm³/mol. The minimum Gasteiger partial charge on any atom is -0.313 e. The quantitative estimate of drug-likeness (QED) is 0.736. The summed E-state index contributed by atoms with van der Waals surface area (Å²) in [6.45, 7) is 1.01. The van der Waals surface area contributed by atoms with Crippen LogP contribution >= 0.6 is 0 Å². The zero-order valence-corrected chi connectivity index (χ0v) is 11.2. The van der Waals surface area contributed by atoms with Gasteiger partial charge in [-0.05, 0) is 24.8 Å². The van der Waals surface area contributed by atoms with Gasteiger partial charge < -0.3 is 5.32 Å². The van der Waals surface area contributed by atoms with Crippen LogP contribution in [0.25, 0.3) is 0 Å². The van der Waals surface area contributed by atoms with Crippen LogP contribution in [0.3, 0.4) is 0 Å². The Balaban J connectivity index is 1.64. The lowest BCUT2D eigenvalue weighted by atomic mass is 10.2. The highest BCUT2D eigenvalue weighted by molar-refractivity contribution is 7.89. The highest BCUT2D eigenvalue weighted by atomic mass is 32.2. The number of hydrogen-bond donors (Lipinski definition) is 2. The molecule has 0 radical (unpaired) electrons. The van der Waals surface area contributed by atoms with Crippen LogP contribution in [0.4, 0.5) is 0 Å². The van der Waals surface area contributed by atoms with Gasteiger partial charge in [-0.15, -0.1) is 0 Å². The van der Waals surface area contributed by atoms with Gasteiger partial charge in [0.05, 0.1) is 5.75 Å². The lowest BCUT2D eigenvalue weighted by molar-refractivity contribution is 0.576. The molecule has 0 spiro atoms. The highest BCUT2D eigenvalue weighted by Gasteiger charge is 2.20. The van der Waals surface area contributed by atoms with E-state index in [1.165, 1.54) is 12.8 Å². The van der Waals surface area contributed by atoms with Gasteiger partial charge in [-0.3, -0.25) is 0 Å². The smallest absolute Gasteiger partial charge is 0.212 e. The molecule has 0 saturated heterocycles. The van der Waals surface area contributed by atoms with Gasteiger partial charge in [-0.25, -0.2) is 13.1 Å². The maximum Gasteiger partial charge on any atom is 0.212 e. The van der Waals surface area contributed by atoms with Gasteiger partial charge in [0.1, 0.15) is 0 Å². The molecule has 1 saturated carbocycles. The Kier molecular flexibility index (Phi) is 4.74. The van der Waals surface area contributed by atoms with Crippen molar-refractivity contribution in [3.63, 3.8) is 0 Å². The Morgan fingerprint density at radius 3 is 2.50 bits per heavy atom. The molecule has 2 rings (SSSR count). The first-order valence-electron chi connectivity index (χ1n) is 6.40. The monoisotopic (exact) mass is 268 g/mol. The van der Waals surface area contributed by atoms with E-state index in [9.17, 15) is 8.42 Å². The molecule has 4 nitrogen and oxygen atoms in total. The standard InChI is InChI=1S/C13H20N2O2S/c16-18(17,11-10-14-13-6-7-13)15-9-8-12-4-2-1-3-5-12/h1-5,13-15H,6-11H2. The Bertz CT molecular complexity index is 455. The van der Waals surface area contributed by atoms with E-state index in [-0.39, 0.29) is 5.75 Å². The van der Waals surface area contributed by atoms with E-state index in [0.717, 1.165) is 12.0 Å². The van der Waals surface area contributed by atoms with Crippen LogP contribution in [-0.4, -0.2) is 33.3 Å². The Morgan fingerprint density at radius 1 is 1.11 bits per heavy atom. The molecule has 0 aliphatic heterocycles. The number of rotatable bonds is 8. The normalized spacial score (nSPS) is 15.8. The molecule has 0 amide bonds. The van der Waals surface area contributed by atoms with Crippen LogP contribution in [0.5, 0.6) is 0 Å². The van der Waals surface area contributed by atoms with Crippen molar-refractivity contribution in [1.29, 1.82) is 0 Å². The van der Waals surface area contributed by atoms with E-state index in [1.54, 1.807) is 0 Å². The van der Waals surface area contributed by atoms with Gasteiger partial charge in [-0.2, -0.15) is 0 Å². The molecule has 1 aromatic carbocycles. The Labute approximate surface area is 109 Å². The molecule has 100 valence electrons. The van der Waals surface area contributed by atoms with E-state index in [1.807, 2.05) is 30.3 Å². The number of hydrogen-bond acceptors (Lipinski definition) is 3. The largest absolute Gasteiger partial charge is 0.313 e. The van der Waals surface area contributed by atoms with Crippen LogP contribution in [0, 0.1) is 0 Å². The minimum absolute atomic E-state index is 0.165. The van der Waals surface area contributed by atoms with Gasteiger partial charge in [-0.1, -0.05) is 30.3 Å². The van der Waals surface area contributed by atoms with Crippen molar-refractivity contribution in [2.75, 3.05) is 18.8 Å². The van der Waals surface area contributed by atoms with Crippen molar-refractivity contribution in [2.45, 2.75) is 25.3 Å². The van der Waals surface area contributed by atoms with Gasteiger partial charge in [0, 0.05) is 19.1 Å². The maximum absolute atomic E-state index is 11.7. The van der Waals surface area contributed by atoms with Crippen molar-refractivity contribution in [1.82, 2.24) is 10.0 Å². The first-order valence-corrected chi connectivity index (χ1v) is 8.05. The Hall–Kier alpha value is -0.910. The van der Waals surface area contributed by atoms with Gasteiger partial charge in [0.15, 0.2) is 0 Å². The summed E-state index contributed by atoms with van der Waals surface area (Å²) in [5.41, 5.74) is 1.15. The summed E-state index contributed by atoms with van der Waals surface area (Å²) in [5, 5.41) is 3.20. The summed E-state index contributed by atoms with van der Waals surface area (Å²) < 4.78 is 26.0. The van der Waals surface area contributed by atoms with Crippen molar-refractivity contribution < 1.29 is 8.42 Å². The molecule has 1 aromatic rings. The van der Waals surface area contributed by atoms with Crippen molar-refractivity contribution >= 4 is 10.0 Å². The summed E-state index contributed by atoms with van der Waals surface area (Å²) in [4.78, 5) is 0. The SMILES string of the molecule is O=S(=O)(CCNC1CC1)NCCc1ccccc1. The number of nitrogens with one attached hydrogen (secondary N) is 2. The fourth-order valence-corrected chi connectivity index (χ4v) is 2.70. The zero-order chi connectivity index (χ0) is 12.8. The molecule has 0 heterocycles. The molecular weight excluding hydrogens is 248 g/mol. The second-order valence-electron chi connectivity index (χ2n) is 4.68. The molecule has 2 N–H and O–H groups in total. The van der Waals surface area contributed by atoms with Crippen LogP contribution < -0.4 is 10.0 Å². The fourth-order valence-electron chi connectivity index (χ4n) is 1.75. The molecule has 1 fully saturated rings. The summed E-state index contributed by atoms with van der Waals surface area (Å²) in [6.07, 6.45) is 3.10. The maximum atomic E-state index is 11.7. The lowest BCUT2D eigenvalue weighted by Gasteiger charge is -2.07. The summed E-state index contributed by atoms with van der Waals surface area (Å²) in [6, 6.07) is 10.4. The van der Waals surface area contributed by atoms with E-state index < -0.39 is 10.0 Å². The van der Waals surface area contributed by atoms with E-state index in [4.69, 9.17) is 0 Å². The lowest BCUT2D eigenvalue weighted by Crippen LogP contribution is -2.33. The Morgan fingerprint density at radius 2 is 1.83 bits per heavy atom. The average Bonchev–Trinajstić information content (AvgIpc) is 3.14. The summed E-state index contributed by atoms with van der Waals surface area (Å²) >= 11 is 0. The zero-order valence-electron chi connectivity index (χ0n) is 10.4. The van der Waals surface area contributed by atoms with Gasteiger partial charge in [0.2, 0.25) is 10.0 Å². The number of benzene rings is 1. The second-order valence-corrected chi connectivity index (χ2v) is 6.60. The van der Waals surface area contributed by atoms with Crippen molar-refractivity contribution in [3.8, 4) is 0 Å². The third kappa shape index (κ3) is 5.16. The molecular formula is C13H20N2O2S. The molecule has 0 aromatic heterocycles. The third-order valence-corrected chi connectivity index (χ3v) is 4.35. The fraction of sp³-hybridized carbons (Fsp3) is 0.538. The molecule has 18 heavy (non-hydrogen) atoms. The second kappa shape index (κ2) is 6.31. The molecule has 0 unspecified atom stereocenters.